The smallest absolute Gasteiger partial charge is 0.192 e. The van der Waals surface area contributed by atoms with E-state index >= 15 is 0 Å². The summed E-state index contributed by atoms with van der Waals surface area (Å²) in [5.41, 5.74) is 1.15. The zero-order valence-electron chi connectivity index (χ0n) is 16.0. The van der Waals surface area contributed by atoms with Crippen LogP contribution in [0, 0.1) is 0 Å². The van der Waals surface area contributed by atoms with Gasteiger partial charge in [0.2, 0.25) is 0 Å². The molecule has 3 heterocycles. The highest BCUT2D eigenvalue weighted by Crippen LogP contribution is 2.17. The fraction of sp³-hybridized carbons (Fsp3) is 0.667. The Balaban J connectivity index is 1.62. The molecule has 3 rings (SSSR count). The van der Waals surface area contributed by atoms with Crippen LogP contribution in [-0.4, -0.2) is 32.3 Å². The first kappa shape index (κ1) is 18.8. The van der Waals surface area contributed by atoms with Gasteiger partial charge in [-0.1, -0.05) is 20.3 Å². The Morgan fingerprint density at radius 2 is 2.15 bits per heavy atom. The Hall–Kier alpha value is -1.96. The van der Waals surface area contributed by atoms with E-state index < -0.39 is 0 Å². The number of thiazole rings is 1. The molecule has 1 aliphatic rings. The molecule has 0 aliphatic carbocycles. The summed E-state index contributed by atoms with van der Waals surface area (Å²) in [5.74, 6) is 3.31. The molecule has 0 radical (unpaired) electrons. The number of fused-ring (bicyclic) bond motifs is 1. The van der Waals surface area contributed by atoms with Crippen LogP contribution in [0.15, 0.2) is 10.4 Å². The van der Waals surface area contributed by atoms with E-state index in [1.54, 1.807) is 11.3 Å². The first-order valence-corrected chi connectivity index (χ1v) is 10.4. The molecule has 0 amide bonds. The third kappa shape index (κ3) is 4.81. The van der Waals surface area contributed by atoms with Crippen molar-refractivity contribution in [2.24, 2.45) is 4.99 Å². The van der Waals surface area contributed by atoms with Crippen molar-refractivity contribution < 1.29 is 0 Å². The zero-order valence-corrected chi connectivity index (χ0v) is 16.8. The quantitative estimate of drug-likeness (QED) is 0.599. The summed E-state index contributed by atoms with van der Waals surface area (Å²) in [5, 5.41) is 18.6. The minimum Gasteiger partial charge on any atom is -0.357 e. The van der Waals surface area contributed by atoms with Gasteiger partial charge in [-0.2, -0.15) is 0 Å². The lowest BCUT2D eigenvalue weighted by atomic mass is 10.2. The third-order valence-corrected chi connectivity index (χ3v) is 5.34. The van der Waals surface area contributed by atoms with Crippen molar-refractivity contribution in [1.82, 2.24) is 30.4 Å². The summed E-state index contributed by atoms with van der Waals surface area (Å²) in [7, 11) is 0. The summed E-state index contributed by atoms with van der Waals surface area (Å²) in [6.07, 6.45) is 4.69. The molecule has 0 spiro atoms. The maximum Gasteiger partial charge on any atom is 0.192 e. The summed E-state index contributed by atoms with van der Waals surface area (Å²) >= 11 is 1.69. The van der Waals surface area contributed by atoms with Gasteiger partial charge in [-0.25, -0.2) is 9.98 Å². The molecule has 7 nitrogen and oxygen atoms in total. The Bertz CT molecular complexity index is 732. The molecular formula is C18H29N7S. The van der Waals surface area contributed by atoms with E-state index in [0.717, 1.165) is 47.8 Å². The first-order valence-electron chi connectivity index (χ1n) is 9.54. The van der Waals surface area contributed by atoms with Gasteiger partial charge < -0.3 is 15.2 Å². The predicted molar refractivity (Wildman–Crippen MR) is 105 cm³/mol. The molecule has 2 N–H and O–H groups in total. The zero-order chi connectivity index (χ0) is 18.4. The highest BCUT2D eigenvalue weighted by Gasteiger charge is 2.14. The second-order valence-corrected chi connectivity index (χ2v) is 7.81. The number of aromatic nitrogens is 4. The normalized spacial score (nSPS) is 15.0. The van der Waals surface area contributed by atoms with Crippen LogP contribution in [0.5, 0.6) is 0 Å². The Kier molecular flexibility index (Phi) is 6.60. The SMILES string of the molecule is CCNC(=NCc1nnc2n1CCCCC2)NCc1nc(C(C)C)cs1. The van der Waals surface area contributed by atoms with Crippen molar-refractivity contribution in [3.63, 3.8) is 0 Å². The Labute approximate surface area is 159 Å². The van der Waals surface area contributed by atoms with Gasteiger partial charge in [-0.15, -0.1) is 21.5 Å². The predicted octanol–water partition coefficient (Wildman–Crippen LogP) is 2.84. The van der Waals surface area contributed by atoms with E-state index in [2.05, 4.69) is 56.5 Å². The van der Waals surface area contributed by atoms with Crippen molar-refractivity contribution in [3.05, 3.63) is 27.7 Å². The van der Waals surface area contributed by atoms with E-state index in [1.165, 1.54) is 19.3 Å². The number of hydrogen-bond donors (Lipinski definition) is 2. The second kappa shape index (κ2) is 9.12. The van der Waals surface area contributed by atoms with Crippen molar-refractivity contribution in [2.45, 2.75) is 72.0 Å². The molecule has 0 bridgehead atoms. The molecule has 142 valence electrons. The first-order chi connectivity index (χ1) is 12.7. The average molecular weight is 376 g/mol. The second-order valence-electron chi connectivity index (χ2n) is 6.86. The van der Waals surface area contributed by atoms with Gasteiger partial charge in [0.15, 0.2) is 11.8 Å². The molecule has 26 heavy (non-hydrogen) atoms. The molecule has 2 aromatic rings. The molecule has 0 saturated carbocycles. The van der Waals surface area contributed by atoms with Crippen molar-refractivity contribution in [1.29, 1.82) is 0 Å². The number of guanidine groups is 1. The number of hydrogen-bond acceptors (Lipinski definition) is 5. The molecule has 0 saturated heterocycles. The standard InChI is InChI=1S/C18H29N7S/c1-4-19-18(21-11-17-22-14(12-26-17)13(2)3)20-10-16-24-23-15-8-6-5-7-9-25(15)16/h12-13H,4-11H2,1-3H3,(H2,19,20,21). The van der Waals surface area contributed by atoms with E-state index in [1.807, 2.05) is 0 Å². The van der Waals surface area contributed by atoms with Crippen molar-refractivity contribution in [3.8, 4) is 0 Å². The van der Waals surface area contributed by atoms with Crippen LogP contribution < -0.4 is 10.6 Å². The van der Waals surface area contributed by atoms with Crippen LogP contribution in [-0.2, 0) is 26.1 Å². The van der Waals surface area contributed by atoms with Crippen molar-refractivity contribution in [2.75, 3.05) is 6.54 Å². The lowest BCUT2D eigenvalue weighted by Gasteiger charge is -2.10. The molecule has 1 aliphatic heterocycles. The van der Waals surface area contributed by atoms with E-state index in [0.29, 0.717) is 19.0 Å². The summed E-state index contributed by atoms with van der Waals surface area (Å²) in [6.45, 7) is 9.45. The number of nitrogens with zero attached hydrogens (tertiary/aromatic N) is 5. The van der Waals surface area contributed by atoms with Crippen LogP contribution in [0.3, 0.4) is 0 Å². The number of rotatable bonds is 6. The molecule has 2 aromatic heterocycles. The van der Waals surface area contributed by atoms with Crippen LogP contribution in [0.4, 0.5) is 0 Å². The van der Waals surface area contributed by atoms with Crippen LogP contribution >= 0.6 is 11.3 Å². The van der Waals surface area contributed by atoms with E-state index in [-0.39, 0.29) is 0 Å². The van der Waals surface area contributed by atoms with Gasteiger partial charge in [0, 0.05) is 24.9 Å². The lowest BCUT2D eigenvalue weighted by molar-refractivity contribution is 0.605. The average Bonchev–Trinajstić information content (AvgIpc) is 3.19. The molecule has 8 heteroatoms. The molecular weight excluding hydrogens is 346 g/mol. The van der Waals surface area contributed by atoms with Crippen LogP contribution in [0.2, 0.25) is 0 Å². The molecule has 0 atom stereocenters. The topological polar surface area (TPSA) is 80.0 Å². The largest absolute Gasteiger partial charge is 0.357 e. The lowest BCUT2D eigenvalue weighted by Crippen LogP contribution is -2.36. The van der Waals surface area contributed by atoms with Gasteiger partial charge in [-0.05, 0) is 25.7 Å². The van der Waals surface area contributed by atoms with Gasteiger partial charge in [0.1, 0.15) is 17.4 Å². The Morgan fingerprint density at radius 1 is 1.27 bits per heavy atom. The van der Waals surface area contributed by atoms with Crippen molar-refractivity contribution >= 4 is 17.3 Å². The molecule has 0 unspecified atom stereocenters. The molecule has 0 aromatic carbocycles. The van der Waals surface area contributed by atoms with Gasteiger partial charge in [0.05, 0.1) is 12.2 Å². The van der Waals surface area contributed by atoms with Gasteiger partial charge >= 0.3 is 0 Å². The highest BCUT2D eigenvalue weighted by molar-refractivity contribution is 7.09. The summed E-state index contributed by atoms with van der Waals surface area (Å²) in [4.78, 5) is 9.37. The highest BCUT2D eigenvalue weighted by atomic mass is 32.1. The fourth-order valence-corrected chi connectivity index (χ4v) is 3.88. The van der Waals surface area contributed by atoms with Crippen LogP contribution in [0.25, 0.3) is 0 Å². The monoisotopic (exact) mass is 375 g/mol. The minimum atomic E-state index is 0.463. The van der Waals surface area contributed by atoms with Crippen LogP contribution in [0.1, 0.15) is 68.3 Å². The molecule has 0 fully saturated rings. The van der Waals surface area contributed by atoms with Gasteiger partial charge in [-0.3, -0.25) is 0 Å². The fourth-order valence-electron chi connectivity index (χ4n) is 2.98. The maximum atomic E-state index is 4.70. The van der Waals surface area contributed by atoms with E-state index in [9.17, 15) is 0 Å². The summed E-state index contributed by atoms with van der Waals surface area (Å²) < 4.78 is 2.25. The van der Waals surface area contributed by atoms with E-state index in [4.69, 9.17) is 4.99 Å². The third-order valence-electron chi connectivity index (χ3n) is 4.48. The number of nitrogens with one attached hydrogen (secondary N) is 2. The maximum absolute atomic E-state index is 4.70. The summed E-state index contributed by atoms with van der Waals surface area (Å²) in [6, 6.07) is 0. The Morgan fingerprint density at radius 3 is 2.92 bits per heavy atom. The number of aryl methyl sites for hydroxylation is 1. The number of aliphatic imine (C=N–C) groups is 1. The van der Waals surface area contributed by atoms with Gasteiger partial charge in [0.25, 0.3) is 0 Å². The minimum absolute atomic E-state index is 0.463.